The molecular weight excluding hydrogens is 422 g/mol. The molecule has 0 bridgehead atoms. The molecule has 0 aromatic heterocycles. The van der Waals surface area contributed by atoms with Crippen molar-refractivity contribution < 1.29 is 13.2 Å². The minimum Gasteiger partial charge on any atom is -0.352 e. The first-order valence-electron chi connectivity index (χ1n) is 10.4. The number of hydrogen-bond donors (Lipinski definition) is 2. The van der Waals surface area contributed by atoms with Crippen LogP contribution >= 0.6 is 11.8 Å². The van der Waals surface area contributed by atoms with Crippen LogP contribution in [0.25, 0.3) is 0 Å². The number of aliphatic imine (C=N–C) groups is 1. The SMILES string of the molecule is CN1CCN(CCCNC(=O)c2ccc(NC3=N[C@H]4CS(=O)(=O)C[C@H]4S3)cc2)CC1. The number of carbonyl (C=O) groups excluding carboxylic acids is 1. The van der Waals surface area contributed by atoms with Gasteiger partial charge in [-0.25, -0.2) is 8.42 Å². The molecule has 0 aliphatic carbocycles. The third kappa shape index (κ3) is 5.54. The van der Waals surface area contributed by atoms with E-state index in [1.807, 2.05) is 12.1 Å². The summed E-state index contributed by atoms with van der Waals surface area (Å²) in [7, 11) is -0.791. The number of hydrogen-bond acceptors (Lipinski definition) is 8. The van der Waals surface area contributed by atoms with E-state index < -0.39 is 9.84 Å². The number of likely N-dealkylation sites (N-methyl/N-ethyl adjacent to an activating group) is 1. The van der Waals surface area contributed by atoms with Gasteiger partial charge in [0.1, 0.15) is 0 Å². The molecule has 0 saturated carbocycles. The molecule has 3 aliphatic heterocycles. The average Bonchev–Trinajstić information content (AvgIpc) is 3.19. The van der Waals surface area contributed by atoms with E-state index in [-0.39, 0.29) is 28.7 Å². The lowest BCUT2D eigenvalue weighted by atomic mass is 10.2. The van der Waals surface area contributed by atoms with E-state index in [0.29, 0.717) is 12.1 Å². The first-order valence-corrected chi connectivity index (χ1v) is 13.1. The highest BCUT2D eigenvalue weighted by Gasteiger charge is 2.42. The zero-order chi connectivity index (χ0) is 21.1. The quantitative estimate of drug-likeness (QED) is 0.616. The van der Waals surface area contributed by atoms with Crippen molar-refractivity contribution in [3.05, 3.63) is 29.8 Å². The Labute approximate surface area is 182 Å². The van der Waals surface area contributed by atoms with Gasteiger partial charge >= 0.3 is 0 Å². The Morgan fingerprint density at radius 1 is 1.17 bits per heavy atom. The van der Waals surface area contributed by atoms with Crippen LogP contribution in [0.4, 0.5) is 5.69 Å². The molecule has 2 fully saturated rings. The molecule has 164 valence electrons. The van der Waals surface area contributed by atoms with Crippen LogP contribution in [-0.2, 0) is 9.84 Å². The number of carbonyl (C=O) groups is 1. The molecule has 0 unspecified atom stereocenters. The molecule has 30 heavy (non-hydrogen) atoms. The number of anilines is 1. The smallest absolute Gasteiger partial charge is 0.251 e. The summed E-state index contributed by atoms with van der Waals surface area (Å²) in [6, 6.07) is 7.16. The van der Waals surface area contributed by atoms with E-state index >= 15 is 0 Å². The van der Waals surface area contributed by atoms with Crippen molar-refractivity contribution in [3.63, 3.8) is 0 Å². The average molecular weight is 452 g/mol. The van der Waals surface area contributed by atoms with Gasteiger partial charge in [-0.05, 0) is 44.3 Å². The van der Waals surface area contributed by atoms with Crippen molar-refractivity contribution >= 4 is 38.4 Å². The predicted molar refractivity (Wildman–Crippen MR) is 122 cm³/mol. The van der Waals surface area contributed by atoms with Crippen LogP contribution in [-0.4, -0.2) is 98.4 Å². The lowest BCUT2D eigenvalue weighted by Gasteiger charge is -2.32. The van der Waals surface area contributed by atoms with Crippen LogP contribution in [0.5, 0.6) is 0 Å². The molecule has 2 N–H and O–H groups in total. The molecule has 0 spiro atoms. The van der Waals surface area contributed by atoms with Crippen LogP contribution in [0.15, 0.2) is 29.3 Å². The zero-order valence-electron chi connectivity index (χ0n) is 17.2. The van der Waals surface area contributed by atoms with Gasteiger partial charge in [0.25, 0.3) is 5.91 Å². The molecule has 0 radical (unpaired) electrons. The standard InChI is InChI=1S/C20H29N5O3S2/c1-24-9-11-25(12-10-24)8-2-7-21-19(26)15-3-5-16(6-4-15)22-20-23-17-13-30(27,28)14-18(17)29-20/h3-6,17-18H,2,7-14H2,1H3,(H,21,26)(H,22,23)/t17-,18+/m0/s1. The second-order valence-corrected chi connectivity index (χ2v) is 11.6. The van der Waals surface area contributed by atoms with E-state index in [0.717, 1.165) is 50.0 Å². The first-order chi connectivity index (χ1) is 14.4. The van der Waals surface area contributed by atoms with Crippen LogP contribution < -0.4 is 10.6 Å². The van der Waals surface area contributed by atoms with E-state index in [1.165, 1.54) is 11.8 Å². The Kier molecular flexibility index (Phi) is 6.66. The Balaban J connectivity index is 1.19. The van der Waals surface area contributed by atoms with Crippen molar-refractivity contribution in [2.75, 3.05) is 63.1 Å². The fraction of sp³-hybridized carbons (Fsp3) is 0.600. The largest absolute Gasteiger partial charge is 0.352 e. The number of rotatable bonds is 6. The Bertz CT molecular complexity index is 896. The zero-order valence-corrected chi connectivity index (χ0v) is 18.8. The van der Waals surface area contributed by atoms with Gasteiger partial charge in [-0.3, -0.25) is 9.79 Å². The summed E-state index contributed by atoms with van der Waals surface area (Å²) in [4.78, 5) is 21.6. The fourth-order valence-electron chi connectivity index (χ4n) is 3.92. The summed E-state index contributed by atoms with van der Waals surface area (Å²) >= 11 is 1.49. The van der Waals surface area contributed by atoms with Gasteiger partial charge in [0.15, 0.2) is 15.0 Å². The summed E-state index contributed by atoms with van der Waals surface area (Å²) in [5, 5.41) is 7.00. The molecule has 4 rings (SSSR count). The summed E-state index contributed by atoms with van der Waals surface area (Å²) in [6.45, 7) is 6.10. The van der Waals surface area contributed by atoms with Crippen molar-refractivity contribution in [2.45, 2.75) is 17.7 Å². The normalized spacial score (nSPS) is 26.2. The number of piperazine rings is 1. The highest BCUT2D eigenvalue weighted by atomic mass is 32.2. The molecule has 8 nitrogen and oxygen atoms in total. The lowest BCUT2D eigenvalue weighted by molar-refractivity contribution is 0.0949. The van der Waals surface area contributed by atoms with Crippen LogP contribution in [0, 0.1) is 0 Å². The van der Waals surface area contributed by atoms with Gasteiger partial charge < -0.3 is 20.4 Å². The van der Waals surface area contributed by atoms with E-state index in [2.05, 4.69) is 32.5 Å². The molecule has 2 atom stereocenters. The number of fused-ring (bicyclic) bond motifs is 1. The number of nitrogens with zero attached hydrogens (tertiary/aromatic N) is 3. The van der Waals surface area contributed by atoms with E-state index in [9.17, 15) is 13.2 Å². The van der Waals surface area contributed by atoms with Crippen molar-refractivity contribution in [1.82, 2.24) is 15.1 Å². The minimum atomic E-state index is -2.94. The van der Waals surface area contributed by atoms with Crippen LogP contribution in [0.3, 0.4) is 0 Å². The van der Waals surface area contributed by atoms with Crippen LogP contribution in [0.2, 0.25) is 0 Å². The molecule has 1 amide bonds. The minimum absolute atomic E-state index is 0.0217. The molecule has 10 heteroatoms. The molecule has 1 aromatic carbocycles. The van der Waals surface area contributed by atoms with Gasteiger partial charge in [-0.15, -0.1) is 0 Å². The number of amides is 1. The van der Waals surface area contributed by atoms with E-state index in [4.69, 9.17) is 0 Å². The number of benzene rings is 1. The third-order valence-corrected chi connectivity index (χ3v) is 8.89. The van der Waals surface area contributed by atoms with Crippen molar-refractivity contribution in [1.29, 1.82) is 0 Å². The highest BCUT2D eigenvalue weighted by molar-refractivity contribution is 8.15. The Morgan fingerprint density at radius 2 is 1.90 bits per heavy atom. The predicted octanol–water partition coefficient (Wildman–Crippen LogP) is 0.734. The van der Waals surface area contributed by atoms with Gasteiger partial charge in [0, 0.05) is 49.2 Å². The Morgan fingerprint density at radius 3 is 2.60 bits per heavy atom. The summed E-state index contributed by atoms with van der Waals surface area (Å²) in [6.07, 6.45) is 0.949. The second-order valence-electron chi connectivity index (χ2n) is 8.19. The number of nitrogens with one attached hydrogen (secondary N) is 2. The van der Waals surface area contributed by atoms with Crippen LogP contribution in [0.1, 0.15) is 16.8 Å². The van der Waals surface area contributed by atoms with Gasteiger partial charge in [-0.2, -0.15) is 0 Å². The van der Waals surface area contributed by atoms with Crippen molar-refractivity contribution in [2.24, 2.45) is 4.99 Å². The number of amidine groups is 1. The van der Waals surface area contributed by atoms with Gasteiger partial charge in [0.2, 0.25) is 0 Å². The summed E-state index contributed by atoms with van der Waals surface area (Å²) in [5.41, 5.74) is 1.47. The lowest BCUT2D eigenvalue weighted by Crippen LogP contribution is -2.45. The molecule has 2 saturated heterocycles. The topological polar surface area (TPSA) is 94.1 Å². The molecular formula is C20H29N5O3S2. The fourth-order valence-corrected chi connectivity index (χ4v) is 7.60. The monoisotopic (exact) mass is 451 g/mol. The Hall–Kier alpha value is -1.62. The van der Waals surface area contributed by atoms with Crippen molar-refractivity contribution in [3.8, 4) is 0 Å². The van der Waals surface area contributed by atoms with E-state index in [1.54, 1.807) is 12.1 Å². The molecule has 3 heterocycles. The first kappa shape index (κ1) is 21.6. The third-order valence-electron chi connectivity index (χ3n) is 5.75. The maximum atomic E-state index is 12.4. The number of thioether (sulfide) groups is 1. The second kappa shape index (κ2) is 9.25. The summed E-state index contributed by atoms with van der Waals surface area (Å²) in [5.74, 6) is 0.279. The molecule has 1 aromatic rings. The molecule has 3 aliphatic rings. The summed E-state index contributed by atoms with van der Waals surface area (Å²) < 4.78 is 23.3. The highest BCUT2D eigenvalue weighted by Crippen LogP contribution is 2.34. The van der Waals surface area contributed by atoms with Gasteiger partial charge in [0.05, 0.1) is 17.5 Å². The van der Waals surface area contributed by atoms with Gasteiger partial charge in [-0.1, -0.05) is 11.8 Å². The maximum absolute atomic E-state index is 12.4. The maximum Gasteiger partial charge on any atom is 0.251 e. The number of sulfone groups is 1.